The standard InChI is InChI=1S/C15H13F2N3O3S/c16-13-7-6-11(8-14(13)17)9-18-20-15(21)10-19-24(22,23)12-4-2-1-3-5-12/h1-9,19H,10H2,(H,20,21)/b18-9-. The summed E-state index contributed by atoms with van der Waals surface area (Å²) in [6.07, 6.45) is 1.10. The summed E-state index contributed by atoms with van der Waals surface area (Å²) in [6.45, 7) is -0.521. The van der Waals surface area contributed by atoms with Gasteiger partial charge in [-0.25, -0.2) is 27.3 Å². The van der Waals surface area contributed by atoms with Crippen molar-refractivity contribution >= 4 is 22.1 Å². The van der Waals surface area contributed by atoms with Crippen LogP contribution in [0.5, 0.6) is 0 Å². The number of rotatable bonds is 6. The first kappa shape index (κ1) is 17.7. The summed E-state index contributed by atoms with van der Waals surface area (Å²) in [7, 11) is -3.80. The van der Waals surface area contributed by atoms with Crippen LogP contribution in [0.2, 0.25) is 0 Å². The molecule has 0 aromatic heterocycles. The van der Waals surface area contributed by atoms with Crippen LogP contribution in [0.25, 0.3) is 0 Å². The molecular formula is C15H13F2N3O3S. The van der Waals surface area contributed by atoms with Gasteiger partial charge in [0.1, 0.15) is 0 Å². The van der Waals surface area contributed by atoms with E-state index in [0.717, 1.165) is 18.3 Å². The molecule has 0 heterocycles. The zero-order chi connectivity index (χ0) is 17.6. The number of carbonyl (C=O) groups excluding carboxylic acids is 1. The van der Waals surface area contributed by atoms with E-state index in [1.807, 2.05) is 0 Å². The van der Waals surface area contributed by atoms with Crippen molar-refractivity contribution in [2.45, 2.75) is 4.90 Å². The van der Waals surface area contributed by atoms with Gasteiger partial charge in [0, 0.05) is 0 Å². The molecule has 0 aliphatic carbocycles. The number of halogens is 2. The van der Waals surface area contributed by atoms with E-state index in [-0.39, 0.29) is 10.5 Å². The summed E-state index contributed by atoms with van der Waals surface area (Å²) in [5.41, 5.74) is 2.31. The lowest BCUT2D eigenvalue weighted by Gasteiger charge is -2.05. The van der Waals surface area contributed by atoms with E-state index < -0.39 is 34.1 Å². The van der Waals surface area contributed by atoms with E-state index >= 15 is 0 Å². The van der Waals surface area contributed by atoms with Crippen molar-refractivity contribution in [3.05, 3.63) is 65.7 Å². The summed E-state index contributed by atoms with van der Waals surface area (Å²) in [4.78, 5) is 11.6. The van der Waals surface area contributed by atoms with Gasteiger partial charge in [-0.05, 0) is 29.8 Å². The van der Waals surface area contributed by atoms with Crippen molar-refractivity contribution in [3.8, 4) is 0 Å². The minimum atomic E-state index is -3.80. The Bertz CT molecular complexity index is 856. The van der Waals surface area contributed by atoms with E-state index in [1.54, 1.807) is 18.2 Å². The van der Waals surface area contributed by atoms with E-state index in [0.29, 0.717) is 0 Å². The van der Waals surface area contributed by atoms with Gasteiger partial charge in [-0.15, -0.1) is 0 Å². The molecule has 0 atom stereocenters. The molecule has 2 N–H and O–H groups in total. The second-order valence-electron chi connectivity index (χ2n) is 4.60. The average molecular weight is 353 g/mol. The average Bonchev–Trinajstić information content (AvgIpc) is 2.57. The molecule has 9 heteroatoms. The number of nitrogens with zero attached hydrogens (tertiary/aromatic N) is 1. The second-order valence-corrected chi connectivity index (χ2v) is 6.37. The zero-order valence-corrected chi connectivity index (χ0v) is 13.1. The number of carbonyl (C=O) groups is 1. The lowest BCUT2D eigenvalue weighted by atomic mass is 10.2. The van der Waals surface area contributed by atoms with Crippen molar-refractivity contribution in [1.29, 1.82) is 0 Å². The number of benzene rings is 2. The first-order valence-electron chi connectivity index (χ1n) is 6.70. The van der Waals surface area contributed by atoms with E-state index in [1.165, 1.54) is 18.2 Å². The molecule has 2 aromatic rings. The Morgan fingerprint density at radius 2 is 1.79 bits per heavy atom. The van der Waals surface area contributed by atoms with Crippen LogP contribution in [0.4, 0.5) is 8.78 Å². The Kier molecular flexibility index (Phi) is 5.72. The second kappa shape index (κ2) is 7.75. The summed E-state index contributed by atoms with van der Waals surface area (Å²) >= 11 is 0. The molecular weight excluding hydrogens is 340 g/mol. The predicted molar refractivity (Wildman–Crippen MR) is 83.7 cm³/mol. The van der Waals surface area contributed by atoms with Gasteiger partial charge in [-0.3, -0.25) is 4.79 Å². The van der Waals surface area contributed by atoms with Crippen LogP contribution < -0.4 is 10.1 Å². The maximum absolute atomic E-state index is 13.0. The zero-order valence-electron chi connectivity index (χ0n) is 12.2. The van der Waals surface area contributed by atoms with Gasteiger partial charge in [0.2, 0.25) is 10.0 Å². The fraction of sp³-hybridized carbons (Fsp3) is 0.0667. The molecule has 6 nitrogen and oxygen atoms in total. The molecule has 24 heavy (non-hydrogen) atoms. The molecule has 0 bridgehead atoms. The molecule has 0 radical (unpaired) electrons. The molecule has 0 saturated heterocycles. The molecule has 0 unspecified atom stereocenters. The van der Waals surface area contributed by atoms with Crippen LogP contribution >= 0.6 is 0 Å². The van der Waals surface area contributed by atoms with Crippen LogP contribution in [-0.2, 0) is 14.8 Å². The largest absolute Gasteiger partial charge is 0.272 e. The normalized spacial score (nSPS) is 11.6. The quantitative estimate of drug-likeness (QED) is 0.608. The molecule has 0 saturated carbocycles. The first-order chi connectivity index (χ1) is 11.4. The molecule has 2 rings (SSSR count). The van der Waals surface area contributed by atoms with Gasteiger partial charge < -0.3 is 0 Å². The van der Waals surface area contributed by atoms with Gasteiger partial charge in [0.05, 0.1) is 17.7 Å². The third-order valence-corrected chi connectivity index (χ3v) is 4.24. The summed E-state index contributed by atoms with van der Waals surface area (Å²) in [5.74, 6) is -2.75. The van der Waals surface area contributed by atoms with Crippen LogP contribution in [0.1, 0.15) is 5.56 Å². The monoisotopic (exact) mass is 353 g/mol. The highest BCUT2D eigenvalue weighted by Gasteiger charge is 2.14. The van der Waals surface area contributed by atoms with Crippen LogP contribution in [0.15, 0.2) is 58.5 Å². The third kappa shape index (κ3) is 4.93. The smallest absolute Gasteiger partial charge is 0.255 e. The fourth-order valence-electron chi connectivity index (χ4n) is 1.65. The fourth-order valence-corrected chi connectivity index (χ4v) is 2.66. The molecule has 2 aromatic carbocycles. The van der Waals surface area contributed by atoms with Gasteiger partial charge in [-0.1, -0.05) is 24.3 Å². The lowest BCUT2D eigenvalue weighted by Crippen LogP contribution is -2.34. The number of hydrogen-bond donors (Lipinski definition) is 2. The van der Waals surface area contributed by atoms with E-state index in [4.69, 9.17) is 0 Å². The van der Waals surface area contributed by atoms with Crippen LogP contribution in [-0.4, -0.2) is 27.1 Å². The highest BCUT2D eigenvalue weighted by Crippen LogP contribution is 2.07. The highest BCUT2D eigenvalue weighted by atomic mass is 32.2. The summed E-state index contributed by atoms with van der Waals surface area (Å²) in [5, 5.41) is 3.54. The summed E-state index contributed by atoms with van der Waals surface area (Å²) < 4.78 is 51.6. The van der Waals surface area contributed by atoms with Crippen molar-refractivity contribution < 1.29 is 22.0 Å². The third-order valence-electron chi connectivity index (χ3n) is 2.82. The Labute approximate surface area is 137 Å². The van der Waals surface area contributed by atoms with Crippen LogP contribution in [0, 0.1) is 11.6 Å². The predicted octanol–water partition coefficient (Wildman–Crippen LogP) is 1.39. The Balaban J connectivity index is 1.87. The number of hydrazone groups is 1. The Hall–Kier alpha value is -2.65. The summed E-state index contributed by atoms with van der Waals surface area (Å²) in [6, 6.07) is 10.7. The van der Waals surface area contributed by atoms with Crippen molar-refractivity contribution in [1.82, 2.24) is 10.1 Å². The minimum absolute atomic E-state index is 0.0306. The molecule has 1 amide bonds. The number of sulfonamides is 1. The maximum atomic E-state index is 13.0. The molecule has 0 spiro atoms. The SMILES string of the molecule is O=C(CNS(=O)(=O)c1ccccc1)N/N=C\c1ccc(F)c(F)c1. The van der Waals surface area contributed by atoms with E-state index in [2.05, 4.69) is 15.2 Å². The topological polar surface area (TPSA) is 87.6 Å². The Morgan fingerprint density at radius 3 is 2.46 bits per heavy atom. The van der Waals surface area contributed by atoms with Crippen LogP contribution in [0.3, 0.4) is 0 Å². The first-order valence-corrected chi connectivity index (χ1v) is 8.18. The van der Waals surface area contributed by atoms with Gasteiger partial charge in [0.25, 0.3) is 5.91 Å². The molecule has 0 aliphatic heterocycles. The molecule has 0 aliphatic rings. The van der Waals surface area contributed by atoms with Crippen molar-refractivity contribution in [2.75, 3.05) is 6.54 Å². The highest BCUT2D eigenvalue weighted by molar-refractivity contribution is 7.89. The lowest BCUT2D eigenvalue weighted by molar-refractivity contribution is -0.119. The molecule has 0 fully saturated rings. The van der Waals surface area contributed by atoms with Gasteiger partial charge in [-0.2, -0.15) is 5.10 Å². The van der Waals surface area contributed by atoms with Crippen molar-refractivity contribution in [2.24, 2.45) is 5.10 Å². The minimum Gasteiger partial charge on any atom is -0.272 e. The van der Waals surface area contributed by atoms with Gasteiger partial charge >= 0.3 is 0 Å². The Morgan fingerprint density at radius 1 is 1.08 bits per heavy atom. The van der Waals surface area contributed by atoms with Crippen molar-refractivity contribution in [3.63, 3.8) is 0 Å². The van der Waals surface area contributed by atoms with Gasteiger partial charge in [0.15, 0.2) is 11.6 Å². The number of nitrogens with one attached hydrogen (secondary N) is 2. The number of amides is 1. The van der Waals surface area contributed by atoms with E-state index in [9.17, 15) is 22.0 Å². The maximum Gasteiger partial charge on any atom is 0.255 e. The number of hydrogen-bond acceptors (Lipinski definition) is 4. The molecule has 126 valence electrons.